The summed E-state index contributed by atoms with van der Waals surface area (Å²) >= 11 is 0. The lowest BCUT2D eigenvalue weighted by atomic mass is 10.1. The third-order valence-corrected chi connectivity index (χ3v) is 4.58. The first-order chi connectivity index (χ1) is 14.6. The van der Waals surface area contributed by atoms with E-state index in [1.54, 1.807) is 32.2 Å². The van der Waals surface area contributed by atoms with Crippen molar-refractivity contribution in [3.63, 3.8) is 0 Å². The van der Waals surface area contributed by atoms with Crippen LogP contribution < -0.4 is 26.0 Å². The van der Waals surface area contributed by atoms with Crippen molar-refractivity contribution in [1.29, 1.82) is 0 Å². The lowest BCUT2D eigenvalue weighted by Gasteiger charge is -2.30. The summed E-state index contributed by atoms with van der Waals surface area (Å²) in [6.45, 7) is 3.28. The van der Waals surface area contributed by atoms with Gasteiger partial charge in [0.2, 0.25) is 5.95 Å². The topological polar surface area (TPSA) is 131 Å². The van der Waals surface area contributed by atoms with Crippen molar-refractivity contribution in [2.24, 2.45) is 0 Å². The number of hydrogen-bond donors (Lipinski definition) is 3. The quantitative estimate of drug-likeness (QED) is 0.578. The van der Waals surface area contributed by atoms with Gasteiger partial charge in [0.25, 0.3) is 5.91 Å². The number of aromatic nitrogens is 4. The number of nitrogen functional groups attached to an aromatic ring is 1. The Morgan fingerprint density at radius 3 is 2.61 bits per heavy atom. The fourth-order valence-electron chi connectivity index (χ4n) is 2.87. The number of anilines is 5. The smallest absolute Gasteiger partial charge is 0.269 e. The van der Waals surface area contributed by atoms with Crippen molar-refractivity contribution >= 4 is 35.0 Å². The van der Waals surface area contributed by atoms with Crippen molar-refractivity contribution in [1.82, 2.24) is 19.9 Å². The molecule has 0 unspecified atom stereocenters. The van der Waals surface area contributed by atoms with E-state index < -0.39 is 11.4 Å². The van der Waals surface area contributed by atoms with E-state index in [-0.39, 0.29) is 34.9 Å². The van der Waals surface area contributed by atoms with Crippen LogP contribution in [0.1, 0.15) is 13.8 Å². The Balaban J connectivity index is 1.67. The molecule has 0 radical (unpaired) electrons. The first kappa shape index (κ1) is 20.3. The highest BCUT2D eigenvalue weighted by Crippen LogP contribution is 2.35. The highest BCUT2D eigenvalue weighted by Gasteiger charge is 2.36. The molecule has 1 aliphatic rings. The summed E-state index contributed by atoms with van der Waals surface area (Å²) in [5.74, 6) is -0.111. The number of nitrogens with zero attached hydrogens (tertiary/aromatic N) is 5. The van der Waals surface area contributed by atoms with Crippen LogP contribution in [0, 0.1) is 5.82 Å². The molecule has 0 fully saturated rings. The molecule has 0 saturated carbocycles. The minimum atomic E-state index is -1.03. The number of nitrogens with one attached hydrogen (secondary N) is 2. The molecule has 0 aromatic carbocycles. The molecule has 0 bridgehead atoms. The molecular formula is C20H21FN8O2. The van der Waals surface area contributed by atoms with Crippen LogP contribution in [0.4, 0.5) is 33.5 Å². The Bertz CT molecular complexity index is 1160. The van der Waals surface area contributed by atoms with Gasteiger partial charge < -0.3 is 26.0 Å². The predicted molar refractivity (Wildman–Crippen MR) is 115 cm³/mol. The van der Waals surface area contributed by atoms with Gasteiger partial charge in [0, 0.05) is 14.1 Å². The van der Waals surface area contributed by atoms with Crippen molar-refractivity contribution in [3.8, 4) is 17.1 Å². The van der Waals surface area contributed by atoms with Gasteiger partial charge in [-0.15, -0.1) is 0 Å². The normalized spacial score (nSPS) is 14.3. The van der Waals surface area contributed by atoms with E-state index in [4.69, 9.17) is 10.5 Å². The Morgan fingerprint density at radius 1 is 1.16 bits per heavy atom. The number of hydrogen-bond acceptors (Lipinski definition) is 9. The van der Waals surface area contributed by atoms with E-state index in [0.717, 1.165) is 5.82 Å². The Morgan fingerprint density at radius 2 is 1.94 bits per heavy atom. The van der Waals surface area contributed by atoms with E-state index in [1.807, 2.05) is 25.1 Å². The number of nitrogens with two attached hydrogens (primary N) is 1. The molecule has 1 aliphatic heterocycles. The van der Waals surface area contributed by atoms with E-state index in [1.165, 1.54) is 6.07 Å². The SMILES string of the molecule is CN(C)c1ccc(Nc2nc(N)c(F)c(-c3ccc4c(n3)NC(=O)C(C)(C)O4)n2)cn1. The second-order valence-corrected chi connectivity index (χ2v) is 7.63. The molecule has 11 heteroatoms. The number of halogens is 1. The van der Waals surface area contributed by atoms with Crippen LogP contribution in [0.25, 0.3) is 11.4 Å². The summed E-state index contributed by atoms with van der Waals surface area (Å²) in [5.41, 5.74) is 5.38. The van der Waals surface area contributed by atoms with Gasteiger partial charge in [0.05, 0.1) is 17.6 Å². The van der Waals surface area contributed by atoms with Crippen LogP contribution in [0.2, 0.25) is 0 Å². The van der Waals surface area contributed by atoms with Gasteiger partial charge in [-0.1, -0.05) is 0 Å². The number of rotatable bonds is 4. The van der Waals surface area contributed by atoms with E-state index in [9.17, 15) is 9.18 Å². The lowest BCUT2D eigenvalue weighted by molar-refractivity contribution is -0.129. The van der Waals surface area contributed by atoms with E-state index in [0.29, 0.717) is 11.4 Å². The zero-order chi connectivity index (χ0) is 22.3. The maximum absolute atomic E-state index is 14.7. The van der Waals surface area contributed by atoms with Crippen molar-refractivity contribution < 1.29 is 13.9 Å². The molecule has 4 rings (SSSR count). The summed E-state index contributed by atoms with van der Waals surface area (Å²) in [7, 11) is 3.76. The number of carbonyl (C=O) groups is 1. The minimum absolute atomic E-state index is 0.0780. The maximum atomic E-state index is 14.7. The van der Waals surface area contributed by atoms with Crippen LogP contribution in [-0.4, -0.2) is 45.5 Å². The summed E-state index contributed by atoms with van der Waals surface area (Å²) in [6, 6.07) is 6.73. The summed E-state index contributed by atoms with van der Waals surface area (Å²) in [4.78, 5) is 30.8. The Kier molecular flexibility index (Phi) is 4.80. The highest BCUT2D eigenvalue weighted by molar-refractivity contribution is 5.99. The number of fused-ring (bicyclic) bond motifs is 1. The first-order valence-electron chi connectivity index (χ1n) is 9.39. The number of ether oxygens (including phenoxy) is 1. The standard InChI is InChI=1S/C20H21FN8O2/c1-20(2)18(30)28-17-12(31-20)7-6-11(25-17)15-14(21)16(22)27-19(26-15)24-10-5-8-13(23-9-10)29(3)4/h5-9H,1-4H3,(H,25,28,30)(H3,22,24,26,27). The van der Waals surface area contributed by atoms with Crippen LogP contribution in [0.5, 0.6) is 5.75 Å². The number of carbonyl (C=O) groups excluding carboxylic acids is 1. The Labute approximate surface area is 177 Å². The average molecular weight is 424 g/mol. The summed E-state index contributed by atoms with van der Waals surface area (Å²) < 4.78 is 20.4. The molecule has 1 amide bonds. The molecule has 0 aliphatic carbocycles. The highest BCUT2D eigenvalue weighted by atomic mass is 19.1. The molecule has 0 spiro atoms. The van der Waals surface area contributed by atoms with Crippen molar-refractivity contribution in [3.05, 3.63) is 36.3 Å². The number of amides is 1. The summed E-state index contributed by atoms with van der Waals surface area (Å²) in [6.07, 6.45) is 1.60. The maximum Gasteiger partial charge on any atom is 0.269 e. The van der Waals surface area contributed by atoms with Gasteiger partial charge >= 0.3 is 0 Å². The predicted octanol–water partition coefficient (Wildman–Crippen LogP) is 2.57. The molecule has 10 nitrogen and oxygen atoms in total. The molecule has 0 saturated heterocycles. The molecule has 3 aromatic rings. The van der Waals surface area contributed by atoms with Crippen molar-refractivity contribution in [2.75, 3.05) is 35.4 Å². The van der Waals surface area contributed by atoms with Crippen LogP contribution in [0.3, 0.4) is 0 Å². The molecule has 3 aromatic heterocycles. The molecule has 4 heterocycles. The Hall–Kier alpha value is -4.02. The minimum Gasteiger partial charge on any atom is -0.474 e. The fourth-order valence-corrected chi connectivity index (χ4v) is 2.87. The third kappa shape index (κ3) is 3.89. The van der Waals surface area contributed by atoms with Crippen LogP contribution in [-0.2, 0) is 4.79 Å². The van der Waals surface area contributed by atoms with Crippen LogP contribution in [0.15, 0.2) is 30.5 Å². The lowest BCUT2D eigenvalue weighted by Crippen LogP contribution is -2.46. The molecule has 0 atom stereocenters. The molecule has 4 N–H and O–H groups in total. The molecular weight excluding hydrogens is 403 g/mol. The van der Waals surface area contributed by atoms with Gasteiger partial charge in [0.1, 0.15) is 11.5 Å². The zero-order valence-electron chi connectivity index (χ0n) is 17.4. The molecule has 31 heavy (non-hydrogen) atoms. The number of pyridine rings is 2. The van der Waals surface area contributed by atoms with Gasteiger partial charge in [-0.05, 0) is 38.1 Å². The zero-order valence-corrected chi connectivity index (χ0v) is 17.4. The molecule has 160 valence electrons. The van der Waals surface area contributed by atoms with E-state index >= 15 is 0 Å². The second kappa shape index (κ2) is 7.35. The average Bonchev–Trinajstić information content (AvgIpc) is 2.71. The van der Waals surface area contributed by atoms with Gasteiger partial charge in [0.15, 0.2) is 28.8 Å². The third-order valence-electron chi connectivity index (χ3n) is 4.58. The van der Waals surface area contributed by atoms with Gasteiger partial charge in [-0.25, -0.2) is 19.3 Å². The van der Waals surface area contributed by atoms with Crippen molar-refractivity contribution in [2.45, 2.75) is 19.4 Å². The van der Waals surface area contributed by atoms with Crippen LogP contribution >= 0.6 is 0 Å². The second-order valence-electron chi connectivity index (χ2n) is 7.63. The largest absolute Gasteiger partial charge is 0.474 e. The first-order valence-corrected chi connectivity index (χ1v) is 9.39. The fraction of sp³-hybridized carbons (Fsp3) is 0.250. The van der Waals surface area contributed by atoms with Gasteiger partial charge in [-0.2, -0.15) is 4.98 Å². The summed E-state index contributed by atoms with van der Waals surface area (Å²) in [5, 5.41) is 5.62. The van der Waals surface area contributed by atoms with Gasteiger partial charge in [-0.3, -0.25) is 4.79 Å². The monoisotopic (exact) mass is 424 g/mol. The van der Waals surface area contributed by atoms with E-state index in [2.05, 4.69) is 30.6 Å².